The van der Waals surface area contributed by atoms with Gasteiger partial charge in [0.2, 0.25) is 5.91 Å². The van der Waals surface area contributed by atoms with Gasteiger partial charge in [-0.1, -0.05) is 0 Å². The molecule has 1 atom stereocenters. The van der Waals surface area contributed by atoms with E-state index in [1.807, 2.05) is 13.1 Å². The average molecular weight is 302 g/mol. The summed E-state index contributed by atoms with van der Waals surface area (Å²) in [4.78, 5) is 22.2. The number of hydrogen-bond donors (Lipinski definition) is 0. The van der Waals surface area contributed by atoms with Gasteiger partial charge in [0.25, 0.3) is 0 Å². The van der Waals surface area contributed by atoms with Crippen molar-refractivity contribution in [1.29, 1.82) is 0 Å². The maximum atomic E-state index is 13.2. The molecule has 22 heavy (non-hydrogen) atoms. The van der Waals surface area contributed by atoms with Gasteiger partial charge in [0.05, 0.1) is 5.69 Å². The molecule has 1 aromatic heterocycles. The van der Waals surface area contributed by atoms with Crippen molar-refractivity contribution in [3.05, 3.63) is 17.7 Å². The lowest BCUT2D eigenvalue weighted by atomic mass is 9.85. The molecule has 0 radical (unpaired) electrons. The highest BCUT2D eigenvalue weighted by Crippen LogP contribution is 2.42. The van der Waals surface area contributed by atoms with E-state index in [4.69, 9.17) is 0 Å². The highest BCUT2D eigenvalue weighted by Gasteiger charge is 2.53. The molecule has 1 aliphatic carbocycles. The largest absolute Gasteiger partial charge is 0.338 e. The Morgan fingerprint density at radius 1 is 1.27 bits per heavy atom. The molecule has 1 unspecified atom stereocenters. The van der Waals surface area contributed by atoms with Crippen molar-refractivity contribution in [2.24, 2.45) is 7.05 Å². The molecule has 0 aromatic carbocycles. The van der Waals surface area contributed by atoms with E-state index in [0.29, 0.717) is 11.9 Å². The van der Waals surface area contributed by atoms with Gasteiger partial charge >= 0.3 is 0 Å². The van der Waals surface area contributed by atoms with Gasteiger partial charge in [0.1, 0.15) is 11.4 Å². The van der Waals surface area contributed by atoms with Crippen LogP contribution in [0.3, 0.4) is 0 Å². The van der Waals surface area contributed by atoms with Crippen LogP contribution in [0.15, 0.2) is 6.20 Å². The number of nitrogens with zero attached hydrogens (tertiary/aromatic N) is 4. The SMILES string of the molecule is Cc1ncc(CN2CCCC23CCCN(C2CC2)C3=O)n1C. The van der Waals surface area contributed by atoms with Crippen molar-refractivity contribution in [3.63, 3.8) is 0 Å². The molecule has 2 aliphatic heterocycles. The molecule has 5 heteroatoms. The number of imidazole rings is 1. The van der Waals surface area contributed by atoms with Gasteiger partial charge in [-0.3, -0.25) is 9.69 Å². The fourth-order valence-electron chi connectivity index (χ4n) is 4.33. The average Bonchev–Trinajstić information content (AvgIpc) is 3.21. The zero-order valence-electron chi connectivity index (χ0n) is 13.7. The first-order valence-corrected chi connectivity index (χ1v) is 8.65. The van der Waals surface area contributed by atoms with Crippen LogP contribution in [-0.2, 0) is 18.4 Å². The lowest BCUT2D eigenvalue weighted by Gasteiger charge is -2.45. The Hall–Kier alpha value is -1.36. The Labute approximate surface area is 132 Å². The van der Waals surface area contributed by atoms with E-state index in [1.165, 1.54) is 18.5 Å². The Balaban J connectivity index is 1.59. The van der Waals surface area contributed by atoms with E-state index in [9.17, 15) is 4.79 Å². The van der Waals surface area contributed by atoms with Crippen LogP contribution < -0.4 is 0 Å². The normalized spacial score (nSPS) is 29.7. The third-order valence-electron chi connectivity index (χ3n) is 5.93. The minimum Gasteiger partial charge on any atom is -0.338 e. The smallest absolute Gasteiger partial charge is 0.243 e. The maximum Gasteiger partial charge on any atom is 0.243 e. The summed E-state index contributed by atoms with van der Waals surface area (Å²) in [5, 5.41) is 0. The number of piperidine rings is 1. The summed E-state index contributed by atoms with van der Waals surface area (Å²) in [6.45, 7) is 4.89. The van der Waals surface area contributed by atoms with Gasteiger partial charge in [-0.25, -0.2) is 4.98 Å². The maximum absolute atomic E-state index is 13.2. The van der Waals surface area contributed by atoms with E-state index < -0.39 is 0 Å². The van der Waals surface area contributed by atoms with Gasteiger partial charge in [-0.15, -0.1) is 0 Å². The minimum absolute atomic E-state index is 0.223. The van der Waals surface area contributed by atoms with Crippen LogP contribution >= 0.6 is 0 Å². The molecular weight excluding hydrogens is 276 g/mol. The zero-order chi connectivity index (χ0) is 15.3. The van der Waals surface area contributed by atoms with Crippen molar-refractivity contribution in [2.75, 3.05) is 13.1 Å². The van der Waals surface area contributed by atoms with E-state index in [2.05, 4.69) is 26.4 Å². The quantitative estimate of drug-likeness (QED) is 0.855. The second kappa shape index (κ2) is 5.08. The minimum atomic E-state index is -0.223. The number of rotatable bonds is 3. The van der Waals surface area contributed by atoms with Crippen molar-refractivity contribution < 1.29 is 4.79 Å². The third-order valence-corrected chi connectivity index (χ3v) is 5.93. The van der Waals surface area contributed by atoms with E-state index in [0.717, 1.165) is 51.1 Å². The van der Waals surface area contributed by atoms with Crippen molar-refractivity contribution >= 4 is 5.91 Å². The van der Waals surface area contributed by atoms with Gasteiger partial charge in [0.15, 0.2) is 0 Å². The molecule has 3 heterocycles. The van der Waals surface area contributed by atoms with E-state index in [-0.39, 0.29) is 5.54 Å². The van der Waals surface area contributed by atoms with Crippen LogP contribution in [0.5, 0.6) is 0 Å². The zero-order valence-corrected chi connectivity index (χ0v) is 13.7. The number of aromatic nitrogens is 2. The van der Waals surface area contributed by atoms with E-state index in [1.54, 1.807) is 0 Å². The topological polar surface area (TPSA) is 41.4 Å². The van der Waals surface area contributed by atoms with Crippen LogP contribution in [0.25, 0.3) is 0 Å². The van der Waals surface area contributed by atoms with Crippen molar-refractivity contribution in [1.82, 2.24) is 19.4 Å². The van der Waals surface area contributed by atoms with Gasteiger partial charge in [0, 0.05) is 32.4 Å². The van der Waals surface area contributed by atoms with Crippen LogP contribution in [0.2, 0.25) is 0 Å². The second-order valence-corrected chi connectivity index (χ2v) is 7.25. The lowest BCUT2D eigenvalue weighted by Crippen LogP contribution is -2.60. The van der Waals surface area contributed by atoms with Crippen LogP contribution in [0.4, 0.5) is 0 Å². The molecule has 3 fully saturated rings. The molecule has 0 N–H and O–H groups in total. The fourth-order valence-corrected chi connectivity index (χ4v) is 4.33. The first-order valence-electron chi connectivity index (χ1n) is 8.65. The molecule has 5 nitrogen and oxygen atoms in total. The lowest BCUT2D eigenvalue weighted by molar-refractivity contribution is -0.148. The molecule has 2 saturated heterocycles. The summed E-state index contributed by atoms with van der Waals surface area (Å²) >= 11 is 0. The number of amides is 1. The van der Waals surface area contributed by atoms with Gasteiger partial charge in [-0.2, -0.15) is 0 Å². The summed E-state index contributed by atoms with van der Waals surface area (Å²) < 4.78 is 2.15. The molecule has 1 aromatic rings. The molecule has 4 rings (SSSR count). The first kappa shape index (κ1) is 14.2. The molecule has 0 bridgehead atoms. The fraction of sp³-hybridized carbons (Fsp3) is 0.765. The predicted octanol–water partition coefficient (Wildman–Crippen LogP) is 1.85. The van der Waals surface area contributed by atoms with Gasteiger partial charge in [-0.05, 0) is 52.0 Å². The number of hydrogen-bond acceptors (Lipinski definition) is 3. The molecule has 120 valence electrons. The van der Waals surface area contributed by atoms with E-state index >= 15 is 0 Å². The number of carbonyl (C=O) groups is 1. The first-order chi connectivity index (χ1) is 10.6. The Bertz CT molecular complexity index is 591. The molecule has 1 saturated carbocycles. The summed E-state index contributed by atoms with van der Waals surface area (Å²) in [6, 6.07) is 0.547. The number of carbonyl (C=O) groups excluding carboxylic acids is 1. The van der Waals surface area contributed by atoms with Crippen LogP contribution in [0, 0.1) is 6.92 Å². The Morgan fingerprint density at radius 3 is 2.64 bits per heavy atom. The van der Waals surface area contributed by atoms with Crippen LogP contribution in [0.1, 0.15) is 50.0 Å². The van der Waals surface area contributed by atoms with Gasteiger partial charge < -0.3 is 9.47 Å². The molecule has 1 spiro atoms. The molecule has 3 aliphatic rings. The standard InChI is InChI=1S/C17H26N4O/c1-13-18-11-15(19(13)2)12-20-9-3-7-17(20)8-4-10-21(16(17)22)14-5-6-14/h11,14H,3-10,12H2,1-2H3. The number of aryl methyl sites for hydroxylation is 1. The van der Waals surface area contributed by atoms with Crippen molar-refractivity contribution in [2.45, 2.75) is 63.6 Å². The summed E-state index contributed by atoms with van der Waals surface area (Å²) in [5.41, 5.74) is 0.995. The Morgan fingerprint density at radius 2 is 2.00 bits per heavy atom. The van der Waals surface area contributed by atoms with Crippen molar-refractivity contribution in [3.8, 4) is 0 Å². The molecule has 1 amide bonds. The highest BCUT2D eigenvalue weighted by molar-refractivity contribution is 5.88. The Kier molecular flexibility index (Phi) is 3.29. The second-order valence-electron chi connectivity index (χ2n) is 7.25. The van der Waals surface area contributed by atoms with Crippen LogP contribution in [-0.4, -0.2) is 49.9 Å². The summed E-state index contributed by atoms with van der Waals surface area (Å²) in [7, 11) is 2.07. The summed E-state index contributed by atoms with van der Waals surface area (Å²) in [6.07, 6.45) is 8.75. The predicted molar refractivity (Wildman–Crippen MR) is 84.3 cm³/mol. The third kappa shape index (κ3) is 2.09. The monoisotopic (exact) mass is 302 g/mol. The molecular formula is C17H26N4O. The highest BCUT2D eigenvalue weighted by atomic mass is 16.2. The number of likely N-dealkylation sites (tertiary alicyclic amines) is 2. The summed E-state index contributed by atoms with van der Waals surface area (Å²) in [5.74, 6) is 1.45.